The predicted molar refractivity (Wildman–Crippen MR) is 112 cm³/mol. The molecule has 0 radical (unpaired) electrons. The van der Waals surface area contributed by atoms with E-state index in [-0.39, 0.29) is 10.7 Å². The van der Waals surface area contributed by atoms with E-state index in [2.05, 4.69) is 16.0 Å². The van der Waals surface area contributed by atoms with Crippen LogP contribution in [0.1, 0.15) is 22.8 Å². The maximum atomic E-state index is 12.9. The molecular formula is C22H23N3O3S. The molecule has 150 valence electrons. The monoisotopic (exact) mass is 409 g/mol. The number of rotatable bonds is 5. The standard InChI is InChI=1S/C22H23N3O3S/c1-17(26)18-7-9-21(10-8-18)29(27,28)25-14-12-24(13-15-25)16-20-5-2-4-19-6-3-11-23-22(19)20/h2-11H,12-16H2,1H3. The Kier molecular flexibility index (Phi) is 5.45. The Morgan fingerprint density at radius 2 is 1.66 bits per heavy atom. The van der Waals surface area contributed by atoms with Gasteiger partial charge in [0.2, 0.25) is 10.0 Å². The summed E-state index contributed by atoms with van der Waals surface area (Å²) in [5, 5.41) is 1.11. The van der Waals surface area contributed by atoms with E-state index in [1.54, 1.807) is 18.3 Å². The van der Waals surface area contributed by atoms with Crippen molar-refractivity contribution in [2.75, 3.05) is 26.2 Å². The van der Waals surface area contributed by atoms with Gasteiger partial charge in [-0.05, 0) is 30.7 Å². The van der Waals surface area contributed by atoms with Gasteiger partial charge in [0.15, 0.2) is 5.78 Å². The van der Waals surface area contributed by atoms with Crippen molar-refractivity contribution >= 4 is 26.7 Å². The SMILES string of the molecule is CC(=O)c1ccc(S(=O)(=O)N2CCN(Cc3cccc4cccnc34)CC2)cc1. The maximum Gasteiger partial charge on any atom is 0.243 e. The van der Waals surface area contributed by atoms with E-state index < -0.39 is 10.0 Å². The maximum absolute atomic E-state index is 12.9. The van der Waals surface area contributed by atoms with Crippen LogP contribution in [0.5, 0.6) is 0 Å². The van der Waals surface area contributed by atoms with Gasteiger partial charge in [0, 0.05) is 49.9 Å². The number of pyridine rings is 1. The molecule has 0 bridgehead atoms. The van der Waals surface area contributed by atoms with Gasteiger partial charge in [-0.3, -0.25) is 14.7 Å². The highest BCUT2D eigenvalue weighted by molar-refractivity contribution is 7.89. The van der Waals surface area contributed by atoms with Gasteiger partial charge in [-0.2, -0.15) is 4.31 Å². The third kappa shape index (κ3) is 4.07. The van der Waals surface area contributed by atoms with E-state index in [0.717, 1.165) is 23.0 Å². The summed E-state index contributed by atoms with van der Waals surface area (Å²) in [5.41, 5.74) is 2.66. The molecule has 1 aliphatic heterocycles. The topological polar surface area (TPSA) is 70.6 Å². The van der Waals surface area contributed by atoms with Crippen LogP contribution < -0.4 is 0 Å². The van der Waals surface area contributed by atoms with E-state index in [1.165, 1.54) is 23.4 Å². The van der Waals surface area contributed by atoms with Gasteiger partial charge in [0.25, 0.3) is 0 Å². The van der Waals surface area contributed by atoms with E-state index in [4.69, 9.17) is 0 Å². The van der Waals surface area contributed by atoms with Gasteiger partial charge >= 0.3 is 0 Å². The Morgan fingerprint density at radius 1 is 0.966 bits per heavy atom. The Hall–Kier alpha value is -2.61. The van der Waals surface area contributed by atoms with Crippen molar-refractivity contribution < 1.29 is 13.2 Å². The molecule has 0 N–H and O–H groups in total. The lowest BCUT2D eigenvalue weighted by Gasteiger charge is -2.34. The van der Waals surface area contributed by atoms with Crippen molar-refractivity contribution in [3.63, 3.8) is 0 Å². The first-order valence-electron chi connectivity index (χ1n) is 9.61. The van der Waals surface area contributed by atoms with Crippen molar-refractivity contribution in [1.82, 2.24) is 14.2 Å². The Balaban J connectivity index is 1.44. The second-order valence-corrected chi connectivity index (χ2v) is 9.19. The summed E-state index contributed by atoms with van der Waals surface area (Å²) in [6.07, 6.45) is 1.80. The number of nitrogens with zero attached hydrogens (tertiary/aromatic N) is 3. The molecule has 0 atom stereocenters. The molecule has 0 amide bonds. The number of aromatic nitrogens is 1. The van der Waals surface area contributed by atoms with Crippen molar-refractivity contribution in [2.45, 2.75) is 18.4 Å². The lowest BCUT2D eigenvalue weighted by Crippen LogP contribution is -2.48. The predicted octanol–water partition coefficient (Wildman–Crippen LogP) is 2.94. The van der Waals surface area contributed by atoms with Crippen LogP contribution in [0.2, 0.25) is 0 Å². The second kappa shape index (κ2) is 8.02. The van der Waals surface area contributed by atoms with Crippen LogP contribution in [0.25, 0.3) is 10.9 Å². The van der Waals surface area contributed by atoms with Crippen LogP contribution in [0.4, 0.5) is 0 Å². The zero-order chi connectivity index (χ0) is 20.4. The van der Waals surface area contributed by atoms with Crippen molar-refractivity contribution in [1.29, 1.82) is 0 Å². The molecule has 2 heterocycles. The molecule has 4 rings (SSSR count). The minimum atomic E-state index is -3.55. The molecule has 7 heteroatoms. The van der Waals surface area contributed by atoms with Gasteiger partial charge in [-0.1, -0.05) is 36.4 Å². The fraction of sp³-hybridized carbons (Fsp3) is 0.273. The zero-order valence-corrected chi connectivity index (χ0v) is 17.1. The fourth-order valence-electron chi connectivity index (χ4n) is 3.67. The van der Waals surface area contributed by atoms with E-state index in [0.29, 0.717) is 31.7 Å². The number of fused-ring (bicyclic) bond motifs is 1. The van der Waals surface area contributed by atoms with Crippen molar-refractivity contribution in [3.8, 4) is 0 Å². The number of hydrogen-bond acceptors (Lipinski definition) is 5. The molecule has 3 aromatic rings. The number of carbonyl (C=O) groups excluding carboxylic acids is 1. The zero-order valence-electron chi connectivity index (χ0n) is 16.3. The summed E-state index contributed by atoms with van der Waals surface area (Å²) >= 11 is 0. The van der Waals surface area contributed by atoms with Gasteiger partial charge in [0.1, 0.15) is 0 Å². The number of carbonyl (C=O) groups is 1. The normalized spacial score (nSPS) is 16.2. The molecule has 6 nitrogen and oxygen atoms in total. The Morgan fingerprint density at radius 3 is 2.34 bits per heavy atom. The van der Waals surface area contributed by atoms with Crippen LogP contribution in [-0.2, 0) is 16.6 Å². The minimum absolute atomic E-state index is 0.0783. The van der Waals surface area contributed by atoms with E-state index in [9.17, 15) is 13.2 Å². The number of benzene rings is 2. The highest BCUT2D eigenvalue weighted by atomic mass is 32.2. The van der Waals surface area contributed by atoms with E-state index in [1.807, 2.05) is 24.3 Å². The first-order chi connectivity index (χ1) is 13.9. The molecule has 1 saturated heterocycles. The largest absolute Gasteiger partial charge is 0.296 e. The summed E-state index contributed by atoms with van der Waals surface area (Å²) in [7, 11) is -3.55. The average molecular weight is 410 g/mol. The molecule has 0 aliphatic carbocycles. The lowest BCUT2D eigenvalue weighted by molar-refractivity contribution is 0.101. The third-order valence-corrected chi connectivity index (χ3v) is 7.25. The second-order valence-electron chi connectivity index (χ2n) is 7.25. The van der Waals surface area contributed by atoms with Crippen LogP contribution in [-0.4, -0.2) is 54.6 Å². The van der Waals surface area contributed by atoms with Gasteiger partial charge < -0.3 is 0 Å². The Labute approximate surface area is 170 Å². The molecular weight excluding hydrogens is 386 g/mol. The van der Waals surface area contributed by atoms with Crippen LogP contribution in [0, 0.1) is 0 Å². The van der Waals surface area contributed by atoms with Crippen LogP contribution in [0.15, 0.2) is 65.7 Å². The summed E-state index contributed by atoms with van der Waals surface area (Å²) in [6, 6.07) is 16.3. The number of piperazine rings is 1. The van der Waals surface area contributed by atoms with Crippen molar-refractivity contribution in [2.24, 2.45) is 0 Å². The summed E-state index contributed by atoms with van der Waals surface area (Å²) < 4.78 is 27.4. The molecule has 2 aromatic carbocycles. The Bertz CT molecular complexity index is 1130. The summed E-state index contributed by atoms with van der Waals surface area (Å²) in [6.45, 7) is 4.41. The number of hydrogen-bond donors (Lipinski definition) is 0. The molecule has 1 aliphatic rings. The van der Waals surface area contributed by atoms with Crippen LogP contribution >= 0.6 is 0 Å². The summed E-state index contributed by atoms with van der Waals surface area (Å²) in [4.78, 5) is 18.4. The minimum Gasteiger partial charge on any atom is -0.296 e. The van der Waals surface area contributed by atoms with Crippen molar-refractivity contribution in [3.05, 3.63) is 71.9 Å². The molecule has 0 spiro atoms. The molecule has 1 fully saturated rings. The molecule has 29 heavy (non-hydrogen) atoms. The fourth-order valence-corrected chi connectivity index (χ4v) is 5.10. The van der Waals surface area contributed by atoms with Gasteiger partial charge in [0.05, 0.1) is 10.4 Å². The molecule has 0 unspecified atom stereocenters. The number of ketones is 1. The number of Topliss-reactive ketones (excluding diaryl/α,β-unsaturated/α-hetero) is 1. The molecule has 1 aromatic heterocycles. The summed E-state index contributed by atoms with van der Waals surface area (Å²) in [5.74, 6) is -0.0783. The quantitative estimate of drug-likeness (QED) is 0.606. The highest BCUT2D eigenvalue weighted by Crippen LogP contribution is 2.21. The number of para-hydroxylation sites is 1. The average Bonchev–Trinajstić information content (AvgIpc) is 2.74. The van der Waals surface area contributed by atoms with Gasteiger partial charge in [-0.25, -0.2) is 8.42 Å². The first kappa shape index (κ1) is 19.7. The van der Waals surface area contributed by atoms with E-state index >= 15 is 0 Å². The number of sulfonamides is 1. The lowest BCUT2D eigenvalue weighted by atomic mass is 10.1. The third-order valence-electron chi connectivity index (χ3n) is 5.34. The van der Waals surface area contributed by atoms with Crippen LogP contribution in [0.3, 0.4) is 0 Å². The molecule has 0 saturated carbocycles. The highest BCUT2D eigenvalue weighted by Gasteiger charge is 2.28. The van der Waals surface area contributed by atoms with Gasteiger partial charge in [-0.15, -0.1) is 0 Å². The first-order valence-corrected chi connectivity index (χ1v) is 11.1. The smallest absolute Gasteiger partial charge is 0.243 e.